The Labute approximate surface area is 146 Å². The van der Waals surface area contributed by atoms with Gasteiger partial charge in [-0.25, -0.2) is 4.79 Å². The summed E-state index contributed by atoms with van der Waals surface area (Å²) in [6.45, 7) is 4.01. The number of aliphatic carboxylic acids is 1. The normalized spacial score (nSPS) is 13.7. The molecular formula is C16H21Cl3O3. The van der Waals surface area contributed by atoms with Crippen LogP contribution in [0.2, 0.25) is 15.1 Å². The predicted octanol–water partition coefficient (Wildman–Crippen LogP) is 6.09. The lowest BCUT2D eigenvalue weighted by atomic mass is 9.97. The Bertz CT molecular complexity index is 506. The summed E-state index contributed by atoms with van der Waals surface area (Å²) < 4.78 is 5.59. The summed E-state index contributed by atoms with van der Waals surface area (Å²) in [5.41, 5.74) is 0. The van der Waals surface area contributed by atoms with E-state index in [1.165, 1.54) is 12.1 Å². The molecule has 1 rings (SSSR count). The van der Waals surface area contributed by atoms with Crippen molar-refractivity contribution in [3.05, 3.63) is 27.2 Å². The predicted molar refractivity (Wildman–Crippen MR) is 91.4 cm³/mol. The molecule has 1 aromatic rings. The summed E-state index contributed by atoms with van der Waals surface area (Å²) in [5, 5.41) is 10.2. The van der Waals surface area contributed by atoms with Gasteiger partial charge in [0.15, 0.2) is 6.10 Å². The highest BCUT2D eigenvalue weighted by Crippen LogP contribution is 2.35. The van der Waals surface area contributed by atoms with Gasteiger partial charge in [-0.3, -0.25) is 0 Å². The maximum absolute atomic E-state index is 11.5. The van der Waals surface area contributed by atoms with Gasteiger partial charge < -0.3 is 9.84 Å². The van der Waals surface area contributed by atoms with Crippen LogP contribution in [0, 0.1) is 5.92 Å². The van der Waals surface area contributed by atoms with Gasteiger partial charge in [0.2, 0.25) is 0 Å². The SMILES string of the molecule is CCCCCCC(C)C(Oc1cc(Cl)c(Cl)cc1Cl)C(=O)O. The van der Waals surface area contributed by atoms with E-state index in [9.17, 15) is 9.90 Å². The van der Waals surface area contributed by atoms with Gasteiger partial charge in [0, 0.05) is 12.0 Å². The van der Waals surface area contributed by atoms with E-state index >= 15 is 0 Å². The average molecular weight is 368 g/mol. The Hall–Kier alpha value is -0.640. The third-order valence-electron chi connectivity index (χ3n) is 3.50. The first-order valence-corrected chi connectivity index (χ1v) is 8.54. The van der Waals surface area contributed by atoms with E-state index in [1.54, 1.807) is 0 Å². The summed E-state index contributed by atoms with van der Waals surface area (Å²) in [6, 6.07) is 2.90. The summed E-state index contributed by atoms with van der Waals surface area (Å²) in [6.07, 6.45) is 4.21. The van der Waals surface area contributed by atoms with Crippen LogP contribution < -0.4 is 4.74 Å². The molecule has 0 bridgehead atoms. The highest BCUT2D eigenvalue weighted by molar-refractivity contribution is 6.43. The molecule has 0 aliphatic heterocycles. The maximum Gasteiger partial charge on any atom is 0.345 e. The van der Waals surface area contributed by atoms with E-state index in [4.69, 9.17) is 39.5 Å². The molecular weight excluding hydrogens is 347 g/mol. The summed E-state index contributed by atoms with van der Waals surface area (Å²) in [4.78, 5) is 11.5. The van der Waals surface area contributed by atoms with E-state index in [0.717, 1.165) is 32.1 Å². The maximum atomic E-state index is 11.5. The molecule has 0 aromatic heterocycles. The average Bonchev–Trinajstić information content (AvgIpc) is 2.45. The van der Waals surface area contributed by atoms with Crippen LogP contribution in [0.5, 0.6) is 5.75 Å². The molecule has 22 heavy (non-hydrogen) atoms. The topological polar surface area (TPSA) is 46.5 Å². The lowest BCUT2D eigenvalue weighted by Crippen LogP contribution is -2.33. The molecule has 0 amide bonds. The number of benzene rings is 1. The molecule has 0 spiro atoms. The standard InChI is InChI=1S/C16H21Cl3O3/c1-3-4-5-6-7-10(2)15(16(20)21)22-14-9-12(18)11(17)8-13(14)19/h8-10,15H,3-7H2,1-2H3,(H,20,21). The number of carbonyl (C=O) groups is 1. The van der Waals surface area contributed by atoms with Crippen LogP contribution in [0.15, 0.2) is 12.1 Å². The Kier molecular flexibility index (Phi) is 8.37. The van der Waals surface area contributed by atoms with Crippen molar-refractivity contribution in [3.63, 3.8) is 0 Å². The molecule has 124 valence electrons. The first-order chi connectivity index (χ1) is 10.4. The largest absolute Gasteiger partial charge is 0.478 e. The van der Waals surface area contributed by atoms with Crippen molar-refractivity contribution in [2.75, 3.05) is 0 Å². The van der Waals surface area contributed by atoms with Crippen molar-refractivity contribution < 1.29 is 14.6 Å². The van der Waals surface area contributed by atoms with E-state index in [1.807, 2.05) is 6.92 Å². The van der Waals surface area contributed by atoms with Gasteiger partial charge in [0.25, 0.3) is 0 Å². The fourth-order valence-corrected chi connectivity index (χ4v) is 2.77. The van der Waals surface area contributed by atoms with Crippen molar-refractivity contribution >= 4 is 40.8 Å². The van der Waals surface area contributed by atoms with Gasteiger partial charge in [0.05, 0.1) is 15.1 Å². The number of rotatable bonds is 9. The Balaban J connectivity index is 2.76. The first kappa shape index (κ1) is 19.4. The summed E-state index contributed by atoms with van der Waals surface area (Å²) in [5.74, 6) is -0.895. The van der Waals surface area contributed by atoms with Crippen molar-refractivity contribution in [1.29, 1.82) is 0 Å². The number of hydrogen-bond donors (Lipinski definition) is 1. The molecule has 1 aromatic carbocycles. The second-order valence-corrected chi connectivity index (χ2v) is 6.62. The number of hydrogen-bond acceptors (Lipinski definition) is 2. The van der Waals surface area contributed by atoms with Crippen LogP contribution in [-0.4, -0.2) is 17.2 Å². The van der Waals surface area contributed by atoms with Crippen LogP contribution in [0.1, 0.15) is 46.0 Å². The van der Waals surface area contributed by atoms with Gasteiger partial charge in [-0.15, -0.1) is 0 Å². The lowest BCUT2D eigenvalue weighted by molar-refractivity contribution is -0.147. The second-order valence-electron chi connectivity index (χ2n) is 5.40. The zero-order valence-corrected chi connectivity index (χ0v) is 15.0. The number of ether oxygens (including phenoxy) is 1. The van der Waals surface area contributed by atoms with E-state index < -0.39 is 12.1 Å². The summed E-state index contributed by atoms with van der Waals surface area (Å²) >= 11 is 17.8. The molecule has 0 saturated heterocycles. The van der Waals surface area contributed by atoms with Gasteiger partial charge in [-0.05, 0) is 12.5 Å². The molecule has 0 heterocycles. The van der Waals surface area contributed by atoms with E-state index in [2.05, 4.69) is 6.92 Å². The quantitative estimate of drug-likeness (QED) is 0.424. The molecule has 3 nitrogen and oxygen atoms in total. The monoisotopic (exact) mass is 366 g/mol. The second kappa shape index (κ2) is 9.49. The molecule has 2 atom stereocenters. The zero-order chi connectivity index (χ0) is 16.7. The molecule has 0 aliphatic carbocycles. The van der Waals surface area contributed by atoms with Crippen LogP contribution in [0.3, 0.4) is 0 Å². The summed E-state index contributed by atoms with van der Waals surface area (Å²) in [7, 11) is 0. The molecule has 0 fully saturated rings. The fraction of sp³-hybridized carbons (Fsp3) is 0.562. The van der Waals surface area contributed by atoms with Crippen LogP contribution in [-0.2, 0) is 4.79 Å². The smallest absolute Gasteiger partial charge is 0.345 e. The third-order valence-corrected chi connectivity index (χ3v) is 4.52. The van der Waals surface area contributed by atoms with E-state index in [-0.39, 0.29) is 21.7 Å². The minimum absolute atomic E-state index is 0.125. The third kappa shape index (κ3) is 5.86. The van der Waals surface area contributed by atoms with Crippen LogP contribution >= 0.6 is 34.8 Å². The number of halogens is 3. The Morgan fingerprint density at radius 3 is 2.36 bits per heavy atom. The minimum atomic E-state index is -1.01. The molecule has 6 heteroatoms. The first-order valence-electron chi connectivity index (χ1n) is 7.40. The number of carboxylic acid groups (broad SMARTS) is 1. The highest BCUT2D eigenvalue weighted by atomic mass is 35.5. The van der Waals surface area contributed by atoms with Crippen molar-refractivity contribution in [2.24, 2.45) is 5.92 Å². The number of carboxylic acids is 1. The van der Waals surface area contributed by atoms with Crippen molar-refractivity contribution in [2.45, 2.75) is 52.1 Å². The molecule has 0 aliphatic rings. The van der Waals surface area contributed by atoms with E-state index in [0.29, 0.717) is 5.02 Å². The van der Waals surface area contributed by atoms with Crippen molar-refractivity contribution in [1.82, 2.24) is 0 Å². The Morgan fingerprint density at radius 1 is 1.14 bits per heavy atom. The van der Waals surface area contributed by atoms with Crippen LogP contribution in [0.4, 0.5) is 0 Å². The Morgan fingerprint density at radius 2 is 1.77 bits per heavy atom. The zero-order valence-electron chi connectivity index (χ0n) is 12.7. The van der Waals surface area contributed by atoms with Gasteiger partial charge in [0.1, 0.15) is 5.75 Å². The number of unbranched alkanes of at least 4 members (excludes halogenated alkanes) is 3. The van der Waals surface area contributed by atoms with Crippen LogP contribution in [0.25, 0.3) is 0 Å². The fourth-order valence-electron chi connectivity index (χ4n) is 2.19. The van der Waals surface area contributed by atoms with Crippen molar-refractivity contribution in [3.8, 4) is 5.75 Å². The minimum Gasteiger partial charge on any atom is -0.478 e. The van der Waals surface area contributed by atoms with Gasteiger partial charge in [-0.2, -0.15) is 0 Å². The molecule has 2 unspecified atom stereocenters. The molecule has 1 N–H and O–H groups in total. The molecule has 0 saturated carbocycles. The van der Waals surface area contributed by atoms with Gasteiger partial charge >= 0.3 is 5.97 Å². The van der Waals surface area contributed by atoms with Gasteiger partial charge in [-0.1, -0.05) is 74.3 Å². The lowest BCUT2D eigenvalue weighted by Gasteiger charge is -2.22. The highest BCUT2D eigenvalue weighted by Gasteiger charge is 2.27. The molecule has 0 radical (unpaired) electrons.